The maximum atomic E-state index is 5.23. The Balaban J connectivity index is 1.69. The molecule has 14 heavy (non-hydrogen) atoms. The molecule has 2 nitrogen and oxygen atoms in total. The summed E-state index contributed by atoms with van der Waals surface area (Å²) in [5.41, 5.74) is 0. The zero-order valence-electron chi connectivity index (χ0n) is 8.13. The molecule has 1 aromatic rings. The number of nitrogens with one attached hydrogen (secondary N) is 1. The van der Waals surface area contributed by atoms with E-state index in [4.69, 9.17) is 4.74 Å². The van der Waals surface area contributed by atoms with Gasteiger partial charge in [-0.15, -0.1) is 11.3 Å². The highest BCUT2D eigenvalue weighted by atomic mass is 79.9. The molecule has 0 amide bonds. The molecule has 0 atom stereocenters. The van der Waals surface area contributed by atoms with Gasteiger partial charge < -0.3 is 10.1 Å². The van der Waals surface area contributed by atoms with E-state index in [2.05, 4.69) is 32.7 Å². The molecule has 1 N–H and O–H groups in total. The lowest BCUT2D eigenvalue weighted by atomic mass is 9.89. The van der Waals surface area contributed by atoms with Crippen LogP contribution in [0.1, 0.15) is 17.7 Å². The maximum Gasteiger partial charge on any atom is 0.0601 e. The predicted molar refractivity (Wildman–Crippen MR) is 62.7 cm³/mol. The quantitative estimate of drug-likeness (QED) is 0.913. The highest BCUT2D eigenvalue weighted by Gasteiger charge is 2.28. The predicted octanol–water partition coefficient (Wildman–Crippen LogP) is 2.78. The summed E-state index contributed by atoms with van der Waals surface area (Å²) >= 11 is 5.25. The highest BCUT2D eigenvalue weighted by molar-refractivity contribution is 9.10. The average molecular weight is 276 g/mol. The number of ether oxygens (including phenoxy) is 1. The van der Waals surface area contributed by atoms with Crippen molar-refractivity contribution in [2.24, 2.45) is 0 Å². The lowest BCUT2D eigenvalue weighted by Gasteiger charge is -2.34. The van der Waals surface area contributed by atoms with Gasteiger partial charge in [-0.2, -0.15) is 0 Å². The second-order valence-electron chi connectivity index (χ2n) is 3.64. The first-order valence-corrected chi connectivity index (χ1v) is 6.44. The molecule has 1 aliphatic rings. The van der Waals surface area contributed by atoms with Crippen LogP contribution in [0.3, 0.4) is 0 Å². The number of thiophene rings is 1. The molecule has 1 heterocycles. The molecule has 0 unspecified atom stereocenters. The van der Waals surface area contributed by atoms with Gasteiger partial charge in [0.05, 0.1) is 6.10 Å². The first-order chi connectivity index (χ1) is 6.78. The average Bonchev–Trinajstić information content (AvgIpc) is 2.49. The molecule has 2 rings (SSSR count). The maximum absolute atomic E-state index is 5.23. The van der Waals surface area contributed by atoms with Gasteiger partial charge >= 0.3 is 0 Å². The fourth-order valence-electron chi connectivity index (χ4n) is 1.62. The van der Waals surface area contributed by atoms with Crippen molar-refractivity contribution in [3.05, 3.63) is 20.8 Å². The Hall–Kier alpha value is 0.1000. The monoisotopic (exact) mass is 275 g/mol. The number of rotatable bonds is 4. The van der Waals surface area contributed by atoms with Gasteiger partial charge in [-0.3, -0.25) is 0 Å². The lowest BCUT2D eigenvalue weighted by molar-refractivity contribution is 0.0170. The third-order valence-electron chi connectivity index (χ3n) is 2.61. The van der Waals surface area contributed by atoms with E-state index in [0.717, 1.165) is 19.4 Å². The molecular formula is C10H14BrNOS. The van der Waals surface area contributed by atoms with Crippen molar-refractivity contribution in [3.63, 3.8) is 0 Å². The molecule has 4 heteroatoms. The van der Waals surface area contributed by atoms with Crippen LogP contribution in [0.4, 0.5) is 0 Å². The Bertz CT molecular complexity index is 296. The summed E-state index contributed by atoms with van der Waals surface area (Å²) < 4.78 is 6.41. The third kappa shape index (κ3) is 2.57. The molecule has 1 saturated carbocycles. The first kappa shape index (κ1) is 10.6. The van der Waals surface area contributed by atoms with E-state index in [1.165, 1.54) is 9.35 Å². The Morgan fingerprint density at radius 1 is 1.64 bits per heavy atom. The Labute approximate surface area is 96.8 Å². The first-order valence-electron chi connectivity index (χ1n) is 4.77. The normalized spacial score (nSPS) is 26.1. The fourth-order valence-corrected chi connectivity index (χ4v) is 3.02. The summed E-state index contributed by atoms with van der Waals surface area (Å²) in [5.74, 6) is 0. The standard InChI is InChI=1S/C10H14BrNOS/c1-13-9-3-8(4-9)12-5-10-2-7(11)6-14-10/h2,6,8-9,12H,3-5H2,1H3. The van der Waals surface area contributed by atoms with Crippen LogP contribution in [0.5, 0.6) is 0 Å². The van der Waals surface area contributed by atoms with Crippen molar-refractivity contribution >= 4 is 27.3 Å². The van der Waals surface area contributed by atoms with E-state index in [-0.39, 0.29) is 0 Å². The summed E-state index contributed by atoms with van der Waals surface area (Å²) in [5, 5.41) is 5.64. The molecular weight excluding hydrogens is 262 g/mol. The van der Waals surface area contributed by atoms with Crippen molar-refractivity contribution in [2.75, 3.05) is 7.11 Å². The minimum absolute atomic E-state index is 0.488. The molecule has 0 aliphatic heterocycles. The third-order valence-corrected chi connectivity index (χ3v) is 4.31. The van der Waals surface area contributed by atoms with Gasteiger partial charge in [-0.1, -0.05) is 0 Å². The Morgan fingerprint density at radius 2 is 2.43 bits per heavy atom. The fraction of sp³-hybridized carbons (Fsp3) is 0.600. The van der Waals surface area contributed by atoms with E-state index in [9.17, 15) is 0 Å². The Kier molecular flexibility index (Phi) is 3.60. The minimum atomic E-state index is 0.488. The van der Waals surface area contributed by atoms with E-state index in [1.807, 2.05) is 0 Å². The van der Waals surface area contributed by atoms with Crippen LogP contribution >= 0.6 is 27.3 Å². The van der Waals surface area contributed by atoms with Crippen LogP contribution in [0.2, 0.25) is 0 Å². The van der Waals surface area contributed by atoms with Gasteiger partial charge in [0.25, 0.3) is 0 Å². The second-order valence-corrected chi connectivity index (χ2v) is 5.55. The van der Waals surface area contributed by atoms with Gasteiger partial charge in [0.1, 0.15) is 0 Å². The van der Waals surface area contributed by atoms with E-state index < -0.39 is 0 Å². The van der Waals surface area contributed by atoms with E-state index in [0.29, 0.717) is 12.1 Å². The summed E-state index contributed by atoms with van der Waals surface area (Å²) in [6.45, 7) is 0.983. The summed E-state index contributed by atoms with van der Waals surface area (Å²) in [4.78, 5) is 1.39. The lowest BCUT2D eigenvalue weighted by Crippen LogP contribution is -2.44. The molecule has 78 valence electrons. The zero-order valence-corrected chi connectivity index (χ0v) is 10.5. The minimum Gasteiger partial charge on any atom is -0.381 e. The van der Waals surface area contributed by atoms with Crippen LogP contribution in [-0.2, 0) is 11.3 Å². The van der Waals surface area contributed by atoms with E-state index in [1.54, 1.807) is 18.4 Å². The van der Waals surface area contributed by atoms with Crippen molar-refractivity contribution in [1.82, 2.24) is 5.32 Å². The van der Waals surface area contributed by atoms with Crippen LogP contribution in [0, 0.1) is 0 Å². The molecule has 1 aromatic heterocycles. The molecule has 1 fully saturated rings. The number of hydrogen-bond acceptors (Lipinski definition) is 3. The van der Waals surface area contributed by atoms with Crippen LogP contribution in [0.25, 0.3) is 0 Å². The van der Waals surface area contributed by atoms with Crippen LogP contribution in [0.15, 0.2) is 15.9 Å². The van der Waals surface area contributed by atoms with Gasteiger partial charge in [-0.25, -0.2) is 0 Å². The van der Waals surface area contributed by atoms with Crippen LogP contribution < -0.4 is 5.32 Å². The largest absolute Gasteiger partial charge is 0.381 e. The smallest absolute Gasteiger partial charge is 0.0601 e. The summed E-state index contributed by atoms with van der Waals surface area (Å²) in [6, 6.07) is 2.82. The SMILES string of the molecule is COC1CC(NCc2cc(Br)cs2)C1. The zero-order chi connectivity index (χ0) is 9.97. The van der Waals surface area contributed by atoms with Crippen molar-refractivity contribution < 1.29 is 4.74 Å². The number of halogens is 1. The number of hydrogen-bond donors (Lipinski definition) is 1. The molecule has 1 aliphatic carbocycles. The molecule has 0 bridgehead atoms. The van der Waals surface area contributed by atoms with Gasteiger partial charge in [0.2, 0.25) is 0 Å². The second kappa shape index (κ2) is 4.75. The Morgan fingerprint density at radius 3 is 3.00 bits per heavy atom. The summed E-state index contributed by atoms with van der Waals surface area (Å²) in [6.07, 6.45) is 2.80. The van der Waals surface area contributed by atoms with Crippen molar-refractivity contribution in [2.45, 2.75) is 31.5 Å². The molecule has 0 radical (unpaired) electrons. The molecule has 0 aromatic carbocycles. The highest BCUT2D eigenvalue weighted by Crippen LogP contribution is 2.24. The molecule has 0 saturated heterocycles. The van der Waals surface area contributed by atoms with Crippen molar-refractivity contribution in [3.8, 4) is 0 Å². The van der Waals surface area contributed by atoms with Gasteiger partial charge in [0.15, 0.2) is 0 Å². The summed E-state index contributed by atoms with van der Waals surface area (Å²) in [7, 11) is 1.79. The van der Waals surface area contributed by atoms with Crippen LogP contribution in [-0.4, -0.2) is 19.3 Å². The van der Waals surface area contributed by atoms with Gasteiger partial charge in [-0.05, 0) is 34.8 Å². The number of methoxy groups -OCH3 is 1. The molecule has 0 spiro atoms. The van der Waals surface area contributed by atoms with Crippen molar-refractivity contribution in [1.29, 1.82) is 0 Å². The van der Waals surface area contributed by atoms with E-state index >= 15 is 0 Å². The van der Waals surface area contributed by atoms with Gasteiger partial charge in [0, 0.05) is 34.4 Å². The topological polar surface area (TPSA) is 21.3 Å².